The molecule has 0 amide bonds. The Morgan fingerprint density at radius 2 is 1.94 bits per heavy atom. The van der Waals surface area contributed by atoms with Gasteiger partial charge in [0.25, 0.3) is 5.89 Å². The van der Waals surface area contributed by atoms with Crippen LogP contribution in [0.15, 0.2) is 113 Å². The maximum absolute atomic E-state index is 5.93. The van der Waals surface area contributed by atoms with Gasteiger partial charge in [0, 0.05) is 23.8 Å². The number of allylic oxidation sites excluding steroid dienone is 4. The van der Waals surface area contributed by atoms with Crippen LogP contribution in [0.3, 0.4) is 0 Å². The third-order valence-corrected chi connectivity index (χ3v) is 5.86. The van der Waals surface area contributed by atoms with Gasteiger partial charge in [0.2, 0.25) is 5.88 Å². The van der Waals surface area contributed by atoms with E-state index in [0.29, 0.717) is 24.1 Å². The van der Waals surface area contributed by atoms with E-state index in [-0.39, 0.29) is 6.01 Å². The summed E-state index contributed by atoms with van der Waals surface area (Å²) in [6.07, 6.45) is 12.9. The number of para-hydroxylation sites is 1. The third-order valence-electron chi connectivity index (χ3n) is 5.86. The normalized spacial score (nSPS) is 14.8. The van der Waals surface area contributed by atoms with Crippen molar-refractivity contribution < 1.29 is 13.9 Å². The van der Waals surface area contributed by atoms with Crippen LogP contribution in [0.4, 0.5) is 11.7 Å². The Morgan fingerprint density at radius 1 is 0.972 bits per heavy atom. The molecule has 4 aromatic rings. The first-order valence-electron chi connectivity index (χ1n) is 11.7. The Labute approximate surface area is 207 Å². The van der Waals surface area contributed by atoms with Gasteiger partial charge in [-0.05, 0) is 54.3 Å². The van der Waals surface area contributed by atoms with Crippen LogP contribution in [-0.4, -0.2) is 15.2 Å². The molecule has 6 rings (SSSR count). The Morgan fingerprint density at radius 3 is 2.89 bits per heavy atom. The molecule has 1 aliphatic heterocycles. The van der Waals surface area contributed by atoms with Crippen LogP contribution in [0, 0.1) is 0 Å². The van der Waals surface area contributed by atoms with Gasteiger partial charge in [-0.15, -0.1) is 5.10 Å². The van der Waals surface area contributed by atoms with Crippen LogP contribution in [0.2, 0.25) is 0 Å². The van der Waals surface area contributed by atoms with Crippen molar-refractivity contribution in [2.24, 2.45) is 0 Å². The molecule has 0 fully saturated rings. The SMILES string of the molecule is C1=CCCC(C2=COC=C(Nc3nnc(-c4ccccc4NCc4ccc5ncccc5c4)o3)O2)=C1. The monoisotopic (exact) mass is 477 g/mol. The molecule has 3 heterocycles. The number of ether oxygens (including phenoxy) is 2. The van der Waals surface area contributed by atoms with Gasteiger partial charge in [0.05, 0.1) is 11.1 Å². The average molecular weight is 478 g/mol. The number of nitrogens with one attached hydrogen (secondary N) is 2. The molecular weight excluding hydrogens is 454 g/mol. The van der Waals surface area contributed by atoms with E-state index in [0.717, 1.165) is 46.1 Å². The second-order valence-corrected chi connectivity index (χ2v) is 8.33. The van der Waals surface area contributed by atoms with E-state index in [1.54, 1.807) is 12.5 Å². The van der Waals surface area contributed by atoms with E-state index < -0.39 is 0 Å². The molecule has 1 aliphatic carbocycles. The number of nitrogens with zero attached hydrogens (tertiary/aromatic N) is 3. The van der Waals surface area contributed by atoms with Gasteiger partial charge in [-0.3, -0.25) is 10.3 Å². The summed E-state index contributed by atoms with van der Waals surface area (Å²) < 4.78 is 17.3. The highest BCUT2D eigenvalue weighted by molar-refractivity contribution is 5.79. The summed E-state index contributed by atoms with van der Waals surface area (Å²) in [5.74, 6) is 1.41. The molecule has 0 bridgehead atoms. The largest absolute Gasteiger partial charge is 0.463 e. The molecule has 0 radical (unpaired) electrons. The molecule has 8 heteroatoms. The van der Waals surface area contributed by atoms with Gasteiger partial charge in [-0.1, -0.05) is 47.6 Å². The molecule has 2 N–H and O–H groups in total. The van der Waals surface area contributed by atoms with E-state index in [1.165, 1.54) is 6.26 Å². The molecule has 0 saturated heterocycles. The summed E-state index contributed by atoms with van der Waals surface area (Å²) in [5.41, 5.74) is 4.88. The Balaban J connectivity index is 1.14. The second-order valence-electron chi connectivity index (χ2n) is 8.33. The van der Waals surface area contributed by atoms with Crippen LogP contribution in [0.25, 0.3) is 22.4 Å². The quantitative estimate of drug-likeness (QED) is 0.322. The Hall–Kier alpha value is -4.85. The van der Waals surface area contributed by atoms with E-state index >= 15 is 0 Å². The first-order valence-corrected chi connectivity index (χ1v) is 11.7. The van der Waals surface area contributed by atoms with Crippen LogP contribution in [0.5, 0.6) is 0 Å². The van der Waals surface area contributed by atoms with E-state index in [4.69, 9.17) is 13.9 Å². The molecule has 2 aromatic heterocycles. The smallest absolute Gasteiger partial charge is 0.322 e. The predicted molar refractivity (Wildman–Crippen MR) is 137 cm³/mol. The zero-order valence-electron chi connectivity index (χ0n) is 19.3. The zero-order chi connectivity index (χ0) is 24.2. The topological polar surface area (TPSA) is 94.3 Å². The van der Waals surface area contributed by atoms with Crippen molar-refractivity contribution in [2.75, 3.05) is 10.6 Å². The van der Waals surface area contributed by atoms with Crippen molar-refractivity contribution in [3.05, 3.63) is 114 Å². The lowest BCUT2D eigenvalue weighted by Gasteiger charge is -2.18. The lowest BCUT2D eigenvalue weighted by Crippen LogP contribution is -2.10. The van der Waals surface area contributed by atoms with Gasteiger partial charge in [0.15, 0.2) is 12.0 Å². The maximum Gasteiger partial charge on any atom is 0.322 e. The molecular formula is C28H23N5O3. The number of pyridine rings is 1. The summed E-state index contributed by atoms with van der Waals surface area (Å²) in [7, 11) is 0. The number of aromatic nitrogens is 3. The van der Waals surface area contributed by atoms with Gasteiger partial charge in [-0.25, -0.2) is 0 Å². The number of hydrogen-bond donors (Lipinski definition) is 2. The number of hydrogen-bond acceptors (Lipinski definition) is 8. The standard InChI is InChI=1S/C28H23N5O3/c1-2-7-20(8-3-1)25-17-34-18-26(35-25)31-28-33-32-27(36-28)22-10-4-5-11-24(22)30-16-19-12-13-23-21(15-19)9-6-14-29-23/h1-2,4-7,9-15,17-18,30H,3,8,16H2,(H,31,33). The second kappa shape index (κ2) is 9.79. The van der Waals surface area contributed by atoms with Crippen molar-refractivity contribution in [1.82, 2.24) is 15.2 Å². The number of benzene rings is 2. The first-order chi connectivity index (χ1) is 17.8. The minimum Gasteiger partial charge on any atom is -0.463 e. The number of rotatable bonds is 7. The molecule has 2 aromatic carbocycles. The summed E-state index contributed by atoms with van der Waals surface area (Å²) in [4.78, 5) is 4.38. The number of anilines is 2. The molecule has 0 unspecified atom stereocenters. The highest BCUT2D eigenvalue weighted by Crippen LogP contribution is 2.30. The van der Waals surface area contributed by atoms with E-state index in [9.17, 15) is 0 Å². The molecule has 0 atom stereocenters. The minimum absolute atomic E-state index is 0.204. The summed E-state index contributed by atoms with van der Waals surface area (Å²) in [6, 6.07) is 18.3. The zero-order valence-corrected chi connectivity index (χ0v) is 19.3. The van der Waals surface area contributed by atoms with Crippen LogP contribution < -0.4 is 10.6 Å². The fourth-order valence-electron chi connectivity index (χ4n) is 4.07. The first kappa shape index (κ1) is 21.7. The molecule has 2 aliphatic rings. The highest BCUT2D eigenvalue weighted by Gasteiger charge is 2.18. The van der Waals surface area contributed by atoms with Gasteiger partial charge in [0.1, 0.15) is 6.26 Å². The van der Waals surface area contributed by atoms with Gasteiger partial charge >= 0.3 is 6.01 Å². The van der Waals surface area contributed by atoms with Crippen LogP contribution >= 0.6 is 0 Å². The van der Waals surface area contributed by atoms with Crippen molar-refractivity contribution in [2.45, 2.75) is 19.4 Å². The van der Waals surface area contributed by atoms with Crippen molar-refractivity contribution in [1.29, 1.82) is 0 Å². The minimum atomic E-state index is 0.204. The van der Waals surface area contributed by atoms with Crippen molar-refractivity contribution in [3.8, 4) is 11.5 Å². The molecule has 36 heavy (non-hydrogen) atoms. The summed E-state index contributed by atoms with van der Waals surface area (Å²) in [6.45, 7) is 0.638. The molecule has 0 saturated carbocycles. The Bertz CT molecular complexity index is 1530. The van der Waals surface area contributed by atoms with E-state index in [1.807, 2.05) is 48.6 Å². The average Bonchev–Trinajstić information content (AvgIpc) is 3.41. The fourth-order valence-corrected chi connectivity index (χ4v) is 4.07. The summed E-state index contributed by atoms with van der Waals surface area (Å²) in [5, 5.41) is 15.9. The van der Waals surface area contributed by atoms with Crippen molar-refractivity contribution >= 4 is 22.6 Å². The fraction of sp³-hybridized carbons (Fsp3) is 0.107. The third kappa shape index (κ3) is 4.69. The lowest BCUT2D eigenvalue weighted by molar-refractivity contribution is 0.232. The molecule has 8 nitrogen and oxygen atoms in total. The summed E-state index contributed by atoms with van der Waals surface area (Å²) >= 11 is 0. The Kier molecular flexibility index (Phi) is 5.89. The van der Waals surface area contributed by atoms with Crippen LogP contribution in [0.1, 0.15) is 18.4 Å². The van der Waals surface area contributed by atoms with E-state index in [2.05, 4.69) is 50.1 Å². The van der Waals surface area contributed by atoms with Gasteiger partial charge in [-0.2, -0.15) is 0 Å². The van der Waals surface area contributed by atoms with Gasteiger partial charge < -0.3 is 19.2 Å². The van der Waals surface area contributed by atoms with Crippen molar-refractivity contribution in [3.63, 3.8) is 0 Å². The highest BCUT2D eigenvalue weighted by atomic mass is 16.6. The number of fused-ring (bicyclic) bond motifs is 1. The van der Waals surface area contributed by atoms with Crippen LogP contribution in [-0.2, 0) is 16.0 Å². The molecule has 178 valence electrons. The predicted octanol–water partition coefficient (Wildman–Crippen LogP) is 6.27. The maximum atomic E-state index is 5.93. The molecule has 0 spiro atoms. The lowest BCUT2D eigenvalue weighted by atomic mass is 10.0.